The van der Waals surface area contributed by atoms with Gasteiger partial charge in [0.2, 0.25) is 0 Å². The summed E-state index contributed by atoms with van der Waals surface area (Å²) in [4.78, 5) is 0. The Morgan fingerprint density at radius 1 is 1.05 bits per heavy atom. The van der Waals surface area contributed by atoms with Gasteiger partial charge in [-0.1, -0.05) is 72.7 Å². The summed E-state index contributed by atoms with van der Waals surface area (Å²) in [7, 11) is 0. The highest BCUT2D eigenvalue weighted by molar-refractivity contribution is 6.21. The van der Waals surface area contributed by atoms with Gasteiger partial charge >= 0.3 is 0 Å². The molecule has 0 bridgehead atoms. The first-order valence-electron chi connectivity index (χ1n) is 7.80. The van der Waals surface area contributed by atoms with Crippen molar-refractivity contribution >= 4 is 11.6 Å². The zero-order chi connectivity index (χ0) is 15.3. The molecule has 0 N–H and O–H groups in total. The van der Waals surface area contributed by atoms with Crippen LogP contribution in [0.25, 0.3) is 0 Å². The molecule has 0 aromatic heterocycles. The third kappa shape index (κ3) is 2.30. The van der Waals surface area contributed by atoms with Crippen LogP contribution in [0.5, 0.6) is 0 Å². The number of rotatable bonds is 4. The predicted molar refractivity (Wildman–Crippen MR) is 89.4 cm³/mol. The molecule has 1 fully saturated rings. The Kier molecular flexibility index (Phi) is 3.79. The second kappa shape index (κ2) is 4.77. The molecule has 2 rings (SSSR count). The molecule has 112 valence electrons. The van der Waals surface area contributed by atoms with E-state index in [4.69, 9.17) is 11.6 Å². The van der Waals surface area contributed by atoms with Crippen molar-refractivity contribution in [3.8, 4) is 0 Å². The first-order chi connectivity index (χ1) is 9.05. The highest BCUT2D eigenvalue weighted by atomic mass is 35.5. The van der Waals surface area contributed by atoms with Crippen LogP contribution in [0.1, 0.15) is 71.4 Å². The van der Waals surface area contributed by atoms with Gasteiger partial charge in [-0.2, -0.15) is 0 Å². The SMILES string of the molecule is CCC(C)(C)c1ccc(C(Cl)C2C(C)(C)C2(C)C)cc1. The third-order valence-corrected chi connectivity index (χ3v) is 6.82. The molecule has 1 aromatic carbocycles. The molecule has 0 nitrogen and oxygen atoms in total. The van der Waals surface area contributed by atoms with E-state index >= 15 is 0 Å². The maximum atomic E-state index is 6.77. The van der Waals surface area contributed by atoms with Crippen LogP contribution in [0.2, 0.25) is 0 Å². The Labute approximate surface area is 129 Å². The van der Waals surface area contributed by atoms with Gasteiger partial charge in [0.1, 0.15) is 0 Å². The molecule has 0 amide bonds. The number of alkyl halides is 1. The Hall–Kier alpha value is -0.490. The number of benzene rings is 1. The van der Waals surface area contributed by atoms with Gasteiger partial charge < -0.3 is 0 Å². The van der Waals surface area contributed by atoms with Gasteiger partial charge in [0.25, 0.3) is 0 Å². The van der Waals surface area contributed by atoms with Crippen LogP contribution in [0.4, 0.5) is 0 Å². The number of hydrogen-bond donors (Lipinski definition) is 0. The largest absolute Gasteiger partial charge is 0.117 e. The van der Waals surface area contributed by atoms with Crippen LogP contribution in [-0.2, 0) is 5.41 Å². The molecular formula is C19H29Cl. The first-order valence-corrected chi connectivity index (χ1v) is 8.24. The first kappa shape index (κ1) is 15.9. The fraction of sp³-hybridized carbons (Fsp3) is 0.684. The summed E-state index contributed by atoms with van der Waals surface area (Å²) in [5, 5.41) is 0.124. The molecule has 0 spiro atoms. The van der Waals surface area contributed by atoms with E-state index in [-0.39, 0.29) is 10.8 Å². The zero-order valence-corrected chi connectivity index (χ0v) is 14.8. The van der Waals surface area contributed by atoms with E-state index < -0.39 is 0 Å². The van der Waals surface area contributed by atoms with E-state index in [0.29, 0.717) is 16.7 Å². The quantitative estimate of drug-likeness (QED) is 0.568. The van der Waals surface area contributed by atoms with Crippen LogP contribution >= 0.6 is 11.6 Å². The van der Waals surface area contributed by atoms with Crippen LogP contribution in [-0.4, -0.2) is 0 Å². The van der Waals surface area contributed by atoms with Gasteiger partial charge in [0.15, 0.2) is 0 Å². The maximum absolute atomic E-state index is 6.77. The fourth-order valence-electron chi connectivity index (χ4n) is 3.49. The average Bonchev–Trinajstić information content (AvgIpc) is 2.79. The minimum atomic E-state index is 0.124. The van der Waals surface area contributed by atoms with E-state index in [1.165, 1.54) is 11.1 Å². The summed E-state index contributed by atoms with van der Waals surface area (Å²) in [6, 6.07) is 8.98. The highest BCUT2D eigenvalue weighted by Gasteiger charge is 2.67. The van der Waals surface area contributed by atoms with Crippen molar-refractivity contribution in [3.05, 3.63) is 35.4 Å². The smallest absolute Gasteiger partial charge is 0.0624 e. The van der Waals surface area contributed by atoms with Gasteiger partial charge in [-0.3, -0.25) is 0 Å². The fourth-order valence-corrected chi connectivity index (χ4v) is 4.27. The summed E-state index contributed by atoms with van der Waals surface area (Å²) in [5.41, 5.74) is 3.59. The molecular weight excluding hydrogens is 264 g/mol. The Morgan fingerprint density at radius 3 is 1.85 bits per heavy atom. The predicted octanol–water partition coefficient (Wildman–Crippen LogP) is 6.34. The van der Waals surface area contributed by atoms with Crippen molar-refractivity contribution in [1.29, 1.82) is 0 Å². The third-order valence-electron chi connectivity index (χ3n) is 6.32. The lowest BCUT2D eigenvalue weighted by molar-refractivity contribution is 0.457. The average molecular weight is 293 g/mol. The number of hydrogen-bond acceptors (Lipinski definition) is 0. The van der Waals surface area contributed by atoms with Crippen molar-refractivity contribution in [2.24, 2.45) is 16.7 Å². The van der Waals surface area contributed by atoms with E-state index in [0.717, 1.165) is 6.42 Å². The van der Waals surface area contributed by atoms with Crippen molar-refractivity contribution < 1.29 is 0 Å². The van der Waals surface area contributed by atoms with E-state index in [1.807, 2.05) is 0 Å². The molecule has 0 aliphatic heterocycles. The number of halogens is 1. The molecule has 20 heavy (non-hydrogen) atoms. The van der Waals surface area contributed by atoms with Gasteiger partial charge in [0.05, 0.1) is 5.38 Å². The molecule has 1 aliphatic carbocycles. The van der Waals surface area contributed by atoms with Gasteiger partial charge in [0, 0.05) is 0 Å². The summed E-state index contributed by atoms with van der Waals surface area (Å²) >= 11 is 6.77. The maximum Gasteiger partial charge on any atom is 0.0624 e. The Bertz CT molecular complexity index is 465. The van der Waals surface area contributed by atoms with Crippen LogP contribution in [0.15, 0.2) is 24.3 Å². The lowest BCUT2D eigenvalue weighted by Gasteiger charge is -2.24. The van der Waals surface area contributed by atoms with Gasteiger partial charge in [-0.05, 0) is 39.7 Å². The van der Waals surface area contributed by atoms with Crippen molar-refractivity contribution in [2.75, 3.05) is 0 Å². The molecule has 0 radical (unpaired) electrons. The lowest BCUT2D eigenvalue weighted by atomic mass is 9.82. The summed E-state index contributed by atoms with van der Waals surface area (Å²) in [5.74, 6) is 0.557. The lowest BCUT2D eigenvalue weighted by Crippen LogP contribution is -2.15. The molecule has 1 atom stereocenters. The van der Waals surface area contributed by atoms with Crippen LogP contribution in [0.3, 0.4) is 0 Å². The second-order valence-corrected chi connectivity index (χ2v) is 8.65. The summed E-state index contributed by atoms with van der Waals surface area (Å²) in [6.07, 6.45) is 1.15. The molecule has 1 saturated carbocycles. The van der Waals surface area contributed by atoms with Crippen LogP contribution < -0.4 is 0 Å². The normalized spacial score (nSPS) is 22.6. The summed E-state index contributed by atoms with van der Waals surface area (Å²) < 4.78 is 0. The van der Waals surface area contributed by atoms with E-state index in [2.05, 4.69) is 72.7 Å². The second-order valence-electron chi connectivity index (χ2n) is 8.18. The Morgan fingerprint density at radius 2 is 1.50 bits per heavy atom. The molecule has 0 heterocycles. The highest BCUT2D eigenvalue weighted by Crippen LogP contribution is 2.73. The molecule has 0 saturated heterocycles. The standard InChI is InChI=1S/C19H29Cl/c1-8-17(2,3)14-11-9-13(10-12-14)15(20)16-18(4,5)19(16,6)7/h9-12,15-16H,8H2,1-7H3. The monoisotopic (exact) mass is 292 g/mol. The molecule has 1 aromatic rings. The molecule has 1 unspecified atom stereocenters. The van der Waals surface area contributed by atoms with Gasteiger partial charge in [-0.25, -0.2) is 0 Å². The van der Waals surface area contributed by atoms with E-state index in [9.17, 15) is 0 Å². The molecule has 1 aliphatic rings. The topological polar surface area (TPSA) is 0 Å². The summed E-state index contributed by atoms with van der Waals surface area (Å²) in [6.45, 7) is 16.2. The zero-order valence-electron chi connectivity index (χ0n) is 14.0. The van der Waals surface area contributed by atoms with Crippen molar-refractivity contribution in [1.82, 2.24) is 0 Å². The van der Waals surface area contributed by atoms with Crippen molar-refractivity contribution in [2.45, 2.75) is 65.7 Å². The molecule has 1 heteroatoms. The van der Waals surface area contributed by atoms with Crippen molar-refractivity contribution in [3.63, 3.8) is 0 Å². The minimum absolute atomic E-state index is 0.124. The van der Waals surface area contributed by atoms with Gasteiger partial charge in [-0.15, -0.1) is 11.6 Å². The van der Waals surface area contributed by atoms with E-state index in [1.54, 1.807) is 0 Å². The Balaban J connectivity index is 2.20. The van der Waals surface area contributed by atoms with Crippen LogP contribution in [0, 0.1) is 16.7 Å². The minimum Gasteiger partial charge on any atom is -0.117 e.